The van der Waals surface area contributed by atoms with E-state index in [4.69, 9.17) is 0 Å². The maximum absolute atomic E-state index is 12.2. The average Bonchev–Trinajstić information content (AvgIpc) is 3.02. The highest BCUT2D eigenvalue weighted by Gasteiger charge is 2.25. The zero-order valence-electron chi connectivity index (χ0n) is 13.9. The lowest BCUT2D eigenvalue weighted by Gasteiger charge is -2.12. The van der Waals surface area contributed by atoms with Gasteiger partial charge >= 0.3 is 5.82 Å². The summed E-state index contributed by atoms with van der Waals surface area (Å²) in [6.07, 6.45) is 1.90. The van der Waals surface area contributed by atoms with Crippen LogP contribution in [-0.2, 0) is 17.9 Å². The molecule has 9 nitrogen and oxygen atoms in total. The fraction of sp³-hybridized carbons (Fsp3) is 0.500. The number of nitro groups is 1. The van der Waals surface area contributed by atoms with Crippen molar-refractivity contribution in [1.82, 2.24) is 24.9 Å². The summed E-state index contributed by atoms with van der Waals surface area (Å²) in [5, 5.41) is 22.0. The summed E-state index contributed by atoms with van der Waals surface area (Å²) >= 11 is 3.13. The Bertz CT molecular complexity index is 782. The van der Waals surface area contributed by atoms with Crippen LogP contribution in [0.5, 0.6) is 0 Å². The first-order valence-electron chi connectivity index (χ1n) is 7.45. The minimum Gasteiger partial charge on any atom is -0.358 e. The summed E-state index contributed by atoms with van der Waals surface area (Å²) in [7, 11) is 0. The molecule has 0 saturated heterocycles. The fourth-order valence-electron chi connectivity index (χ4n) is 2.40. The minimum absolute atomic E-state index is 0.0937. The van der Waals surface area contributed by atoms with Crippen LogP contribution in [0.2, 0.25) is 0 Å². The minimum atomic E-state index is -0.587. The van der Waals surface area contributed by atoms with Crippen LogP contribution in [0.3, 0.4) is 0 Å². The Morgan fingerprint density at radius 3 is 2.62 bits per heavy atom. The number of amides is 1. The first kappa shape index (κ1) is 18.1. The third-order valence-corrected chi connectivity index (χ3v) is 4.66. The number of rotatable bonds is 6. The van der Waals surface area contributed by atoms with Gasteiger partial charge in [-0.1, -0.05) is 0 Å². The van der Waals surface area contributed by atoms with Gasteiger partial charge in [0, 0.05) is 18.3 Å². The number of hydrogen-bond donors (Lipinski definition) is 1. The Kier molecular flexibility index (Phi) is 5.37. The van der Waals surface area contributed by atoms with Crippen LogP contribution in [0, 0.1) is 24.0 Å². The smallest absolute Gasteiger partial charge is 0.358 e. The molecule has 0 aliphatic heterocycles. The van der Waals surface area contributed by atoms with Gasteiger partial charge in [-0.15, -0.1) is 0 Å². The molecular formula is C14H19BrN6O3. The number of hydrogen-bond acceptors (Lipinski definition) is 5. The van der Waals surface area contributed by atoms with Gasteiger partial charge in [0.2, 0.25) is 5.91 Å². The molecule has 1 unspecified atom stereocenters. The van der Waals surface area contributed by atoms with Crippen molar-refractivity contribution in [1.29, 1.82) is 0 Å². The van der Waals surface area contributed by atoms with Gasteiger partial charge in [-0.25, -0.2) is 0 Å². The van der Waals surface area contributed by atoms with Crippen LogP contribution >= 0.6 is 15.9 Å². The Morgan fingerprint density at radius 2 is 2.12 bits per heavy atom. The lowest BCUT2D eigenvalue weighted by molar-refractivity contribution is -0.390. The van der Waals surface area contributed by atoms with Gasteiger partial charge in [0.25, 0.3) is 0 Å². The number of nitrogens with zero attached hydrogens (tertiary/aromatic N) is 5. The zero-order valence-corrected chi connectivity index (χ0v) is 15.5. The number of nitrogens with one attached hydrogen (secondary N) is 1. The second kappa shape index (κ2) is 7.12. The quantitative estimate of drug-likeness (QED) is 0.592. The highest BCUT2D eigenvalue weighted by molar-refractivity contribution is 9.10. The molecule has 1 atom stereocenters. The molecule has 2 aromatic heterocycles. The standard InChI is InChI=1S/C14H19BrN6O3/c1-5-19-6-11(9(3)17-19)8(2)16-12(22)7-20-10(4)13(15)14(18-20)21(23)24/h6,8H,5,7H2,1-4H3,(H,16,22). The molecule has 2 aromatic rings. The number of halogens is 1. The van der Waals surface area contributed by atoms with Gasteiger partial charge < -0.3 is 15.4 Å². The van der Waals surface area contributed by atoms with E-state index >= 15 is 0 Å². The summed E-state index contributed by atoms with van der Waals surface area (Å²) in [4.78, 5) is 22.5. The Balaban J connectivity index is 2.09. The van der Waals surface area contributed by atoms with Crippen LogP contribution in [0.15, 0.2) is 10.7 Å². The van der Waals surface area contributed by atoms with Crippen molar-refractivity contribution in [3.05, 3.63) is 37.7 Å². The Morgan fingerprint density at radius 1 is 1.46 bits per heavy atom. The largest absolute Gasteiger partial charge is 0.404 e. The first-order valence-corrected chi connectivity index (χ1v) is 8.24. The van der Waals surface area contributed by atoms with Crippen molar-refractivity contribution in [3.8, 4) is 0 Å². The van der Waals surface area contributed by atoms with E-state index in [0.29, 0.717) is 5.69 Å². The van der Waals surface area contributed by atoms with E-state index in [9.17, 15) is 14.9 Å². The number of aromatic nitrogens is 4. The van der Waals surface area contributed by atoms with Crippen molar-refractivity contribution in [2.45, 2.75) is 46.8 Å². The van der Waals surface area contributed by atoms with Crippen LogP contribution in [0.4, 0.5) is 5.82 Å². The van der Waals surface area contributed by atoms with Crippen LogP contribution in [-0.4, -0.2) is 30.4 Å². The summed E-state index contributed by atoms with van der Waals surface area (Å²) in [6, 6.07) is -0.216. The van der Waals surface area contributed by atoms with E-state index in [0.717, 1.165) is 17.8 Å². The lowest BCUT2D eigenvalue weighted by atomic mass is 10.1. The van der Waals surface area contributed by atoms with Gasteiger partial charge in [-0.3, -0.25) is 9.48 Å². The van der Waals surface area contributed by atoms with E-state index in [1.807, 2.05) is 31.6 Å². The normalized spacial score (nSPS) is 12.2. The van der Waals surface area contributed by atoms with Crippen LogP contribution < -0.4 is 5.32 Å². The maximum Gasteiger partial charge on any atom is 0.404 e. The Hall–Kier alpha value is -2.23. The molecule has 24 heavy (non-hydrogen) atoms. The highest BCUT2D eigenvalue weighted by atomic mass is 79.9. The molecule has 1 N–H and O–H groups in total. The third-order valence-electron chi connectivity index (χ3n) is 3.74. The second-order valence-corrected chi connectivity index (χ2v) is 6.25. The van der Waals surface area contributed by atoms with Crippen molar-refractivity contribution >= 4 is 27.7 Å². The van der Waals surface area contributed by atoms with Gasteiger partial charge in [0.1, 0.15) is 11.0 Å². The lowest BCUT2D eigenvalue weighted by Crippen LogP contribution is -2.31. The summed E-state index contributed by atoms with van der Waals surface area (Å²) < 4.78 is 3.41. The molecule has 0 fully saturated rings. The van der Waals surface area contributed by atoms with Gasteiger partial charge in [-0.2, -0.15) is 9.78 Å². The molecule has 0 aromatic carbocycles. The molecule has 0 saturated carbocycles. The van der Waals surface area contributed by atoms with E-state index in [2.05, 4.69) is 31.4 Å². The van der Waals surface area contributed by atoms with E-state index in [1.165, 1.54) is 4.68 Å². The number of carbonyl (C=O) groups excluding carboxylic acids is 1. The van der Waals surface area contributed by atoms with Crippen molar-refractivity contribution in [3.63, 3.8) is 0 Å². The molecule has 2 rings (SSSR count). The van der Waals surface area contributed by atoms with E-state index in [-0.39, 0.29) is 28.8 Å². The molecule has 0 aliphatic carbocycles. The fourth-order valence-corrected chi connectivity index (χ4v) is 2.83. The van der Waals surface area contributed by atoms with Crippen LogP contribution in [0.1, 0.15) is 36.8 Å². The Labute approximate surface area is 147 Å². The maximum atomic E-state index is 12.2. The number of aryl methyl sites for hydroxylation is 2. The number of carbonyl (C=O) groups is 1. The molecular weight excluding hydrogens is 380 g/mol. The summed E-state index contributed by atoms with van der Waals surface area (Å²) in [6.45, 7) is 8.08. The van der Waals surface area contributed by atoms with E-state index < -0.39 is 4.92 Å². The molecule has 10 heteroatoms. The zero-order chi connectivity index (χ0) is 18.0. The van der Waals surface area contributed by atoms with Gasteiger partial charge in [0.05, 0.1) is 22.5 Å². The summed E-state index contributed by atoms with van der Waals surface area (Å²) in [5.74, 6) is -0.576. The first-order chi connectivity index (χ1) is 11.2. The summed E-state index contributed by atoms with van der Waals surface area (Å²) in [5.41, 5.74) is 2.33. The van der Waals surface area contributed by atoms with Gasteiger partial charge in [-0.05, 0) is 48.5 Å². The van der Waals surface area contributed by atoms with Gasteiger partial charge in [0.15, 0.2) is 0 Å². The van der Waals surface area contributed by atoms with Crippen molar-refractivity contribution in [2.24, 2.45) is 0 Å². The van der Waals surface area contributed by atoms with E-state index in [1.54, 1.807) is 6.92 Å². The molecule has 0 bridgehead atoms. The molecule has 130 valence electrons. The molecule has 2 heterocycles. The molecule has 0 aliphatic rings. The molecule has 0 spiro atoms. The SMILES string of the molecule is CCn1cc(C(C)NC(=O)Cn2nc([N+](=O)[O-])c(Br)c2C)c(C)n1. The van der Waals surface area contributed by atoms with Crippen molar-refractivity contribution < 1.29 is 9.72 Å². The predicted molar refractivity (Wildman–Crippen MR) is 90.5 cm³/mol. The topological polar surface area (TPSA) is 108 Å². The molecule has 0 radical (unpaired) electrons. The second-order valence-electron chi connectivity index (χ2n) is 5.45. The third kappa shape index (κ3) is 3.64. The monoisotopic (exact) mass is 398 g/mol. The average molecular weight is 399 g/mol. The molecule has 1 amide bonds. The van der Waals surface area contributed by atoms with Crippen molar-refractivity contribution in [2.75, 3.05) is 0 Å². The van der Waals surface area contributed by atoms with Crippen LogP contribution in [0.25, 0.3) is 0 Å². The predicted octanol–water partition coefficient (Wildman–Crippen LogP) is 2.26. The highest BCUT2D eigenvalue weighted by Crippen LogP contribution is 2.26.